The van der Waals surface area contributed by atoms with Crippen LogP contribution in [0.3, 0.4) is 0 Å². The summed E-state index contributed by atoms with van der Waals surface area (Å²) in [6.07, 6.45) is 0.692. The van der Waals surface area contributed by atoms with Gasteiger partial charge in [-0.1, -0.05) is 31.2 Å². The molecule has 0 radical (unpaired) electrons. The van der Waals surface area contributed by atoms with E-state index in [9.17, 15) is 12.8 Å². The fourth-order valence-electron chi connectivity index (χ4n) is 2.63. The molecule has 26 heavy (non-hydrogen) atoms. The smallest absolute Gasteiger partial charge is 0.244 e. The van der Waals surface area contributed by atoms with Gasteiger partial charge in [0.25, 0.3) is 0 Å². The molecule has 0 saturated heterocycles. The summed E-state index contributed by atoms with van der Waals surface area (Å²) in [6, 6.07) is 11.2. The monoisotopic (exact) mass is 381 g/mol. The molecule has 0 aliphatic rings. The molecule has 0 aliphatic heterocycles. The first-order valence-electron chi connectivity index (χ1n) is 8.24. The highest BCUT2D eigenvalue weighted by Crippen LogP contribution is 2.29. The van der Waals surface area contributed by atoms with Crippen molar-refractivity contribution in [2.75, 3.05) is 20.8 Å². The Hall–Kier alpha value is -1.96. The van der Waals surface area contributed by atoms with Crippen LogP contribution in [0.15, 0.2) is 47.4 Å². The van der Waals surface area contributed by atoms with Gasteiger partial charge < -0.3 is 9.47 Å². The normalized spacial score (nSPS) is 14.0. The summed E-state index contributed by atoms with van der Waals surface area (Å²) < 4.78 is 52.9. The summed E-state index contributed by atoms with van der Waals surface area (Å²) in [4.78, 5) is 0.0475. The van der Waals surface area contributed by atoms with Crippen molar-refractivity contribution in [1.82, 2.24) is 4.72 Å². The van der Waals surface area contributed by atoms with E-state index in [2.05, 4.69) is 4.72 Å². The van der Waals surface area contributed by atoms with E-state index in [1.54, 1.807) is 37.3 Å². The Morgan fingerprint density at radius 2 is 1.85 bits per heavy atom. The molecule has 1 atom stereocenters. The Bertz CT molecular complexity index is 870. The minimum Gasteiger partial charge on any atom is -0.495 e. The third-order valence-electron chi connectivity index (χ3n) is 4.42. The average Bonchev–Trinajstić information content (AvgIpc) is 2.66. The van der Waals surface area contributed by atoms with E-state index in [1.807, 2.05) is 13.0 Å². The summed E-state index contributed by atoms with van der Waals surface area (Å²) in [6.45, 7) is 3.44. The topological polar surface area (TPSA) is 64.6 Å². The number of halogens is 1. The number of hydrogen-bond acceptors (Lipinski definition) is 4. The van der Waals surface area contributed by atoms with Gasteiger partial charge >= 0.3 is 0 Å². The van der Waals surface area contributed by atoms with E-state index in [0.717, 1.165) is 5.56 Å². The van der Waals surface area contributed by atoms with Gasteiger partial charge in [0.05, 0.1) is 7.11 Å². The summed E-state index contributed by atoms with van der Waals surface area (Å²) >= 11 is 0. The molecule has 0 fully saturated rings. The Balaban J connectivity index is 2.34. The van der Waals surface area contributed by atoms with Crippen LogP contribution in [0.2, 0.25) is 0 Å². The maximum atomic E-state index is 14.2. The van der Waals surface area contributed by atoms with Gasteiger partial charge in [0, 0.05) is 19.2 Å². The number of aryl methyl sites for hydroxylation is 1. The van der Waals surface area contributed by atoms with Crippen LogP contribution in [-0.2, 0) is 26.8 Å². The van der Waals surface area contributed by atoms with Gasteiger partial charge in [-0.25, -0.2) is 17.5 Å². The van der Waals surface area contributed by atoms with Crippen LogP contribution in [0.25, 0.3) is 0 Å². The van der Waals surface area contributed by atoms with Crippen LogP contribution in [0.4, 0.5) is 4.39 Å². The van der Waals surface area contributed by atoms with Gasteiger partial charge in [0.1, 0.15) is 22.1 Å². The third kappa shape index (κ3) is 4.23. The molecular weight excluding hydrogens is 357 g/mol. The standard InChI is InChI=1S/C19H24FNO4S/c1-5-14-10-11-17(24-3)18(12-14)26(22,23)21-13-19(2,25-4)15-8-6-7-9-16(15)20/h6-12,21H,5,13H2,1-4H3. The zero-order chi connectivity index (χ0) is 19.4. The van der Waals surface area contributed by atoms with Gasteiger partial charge in [-0.15, -0.1) is 0 Å². The molecule has 5 nitrogen and oxygen atoms in total. The minimum atomic E-state index is -3.88. The first-order chi connectivity index (χ1) is 12.3. The SMILES string of the molecule is CCc1ccc(OC)c(S(=O)(=O)NCC(C)(OC)c2ccccc2F)c1. The van der Waals surface area contributed by atoms with Crippen LogP contribution in [0.1, 0.15) is 25.0 Å². The molecule has 2 aromatic rings. The highest BCUT2D eigenvalue weighted by molar-refractivity contribution is 7.89. The van der Waals surface area contributed by atoms with E-state index >= 15 is 0 Å². The van der Waals surface area contributed by atoms with Crippen molar-refractivity contribution in [3.8, 4) is 5.75 Å². The second-order valence-electron chi connectivity index (χ2n) is 6.08. The lowest BCUT2D eigenvalue weighted by Crippen LogP contribution is -2.40. The molecule has 7 heteroatoms. The van der Waals surface area contributed by atoms with Crippen LogP contribution >= 0.6 is 0 Å². The maximum Gasteiger partial charge on any atom is 0.244 e. The van der Waals surface area contributed by atoms with Gasteiger partial charge in [0.15, 0.2) is 0 Å². The highest BCUT2D eigenvalue weighted by atomic mass is 32.2. The van der Waals surface area contributed by atoms with Gasteiger partial charge in [-0.2, -0.15) is 0 Å². The van der Waals surface area contributed by atoms with Crippen LogP contribution in [0.5, 0.6) is 5.75 Å². The van der Waals surface area contributed by atoms with Crippen LogP contribution in [0, 0.1) is 5.82 Å². The Labute approximate surface area is 154 Å². The zero-order valence-electron chi connectivity index (χ0n) is 15.4. The first kappa shape index (κ1) is 20.4. The van der Waals surface area contributed by atoms with Gasteiger partial charge in [-0.05, 0) is 37.1 Å². The largest absolute Gasteiger partial charge is 0.495 e. The molecule has 2 rings (SSSR count). The molecule has 0 aromatic heterocycles. The highest BCUT2D eigenvalue weighted by Gasteiger charge is 2.32. The second-order valence-corrected chi connectivity index (χ2v) is 7.81. The molecule has 2 aromatic carbocycles. The fourth-order valence-corrected chi connectivity index (χ4v) is 3.97. The van der Waals surface area contributed by atoms with Gasteiger partial charge in [0.2, 0.25) is 10.0 Å². The molecule has 0 aliphatic carbocycles. The molecule has 0 saturated carbocycles. The van der Waals surface area contributed by atoms with Crippen molar-refractivity contribution in [2.24, 2.45) is 0 Å². The zero-order valence-corrected chi connectivity index (χ0v) is 16.2. The third-order valence-corrected chi connectivity index (χ3v) is 5.84. The van der Waals surface area contributed by atoms with E-state index in [-0.39, 0.29) is 22.8 Å². The average molecular weight is 381 g/mol. The minimum absolute atomic E-state index is 0.0475. The summed E-state index contributed by atoms with van der Waals surface area (Å²) in [5, 5.41) is 0. The molecule has 0 spiro atoms. The Kier molecular flexibility index (Phi) is 6.39. The number of hydrogen-bond donors (Lipinski definition) is 1. The van der Waals surface area contributed by atoms with Crippen molar-refractivity contribution in [3.63, 3.8) is 0 Å². The van der Waals surface area contributed by atoms with E-state index in [4.69, 9.17) is 9.47 Å². The molecule has 1 unspecified atom stereocenters. The number of sulfonamides is 1. The number of ether oxygens (including phenoxy) is 2. The molecule has 0 bridgehead atoms. The molecule has 142 valence electrons. The van der Waals surface area contributed by atoms with E-state index < -0.39 is 21.4 Å². The number of rotatable bonds is 8. The van der Waals surface area contributed by atoms with Crippen molar-refractivity contribution < 1.29 is 22.3 Å². The lowest BCUT2D eigenvalue weighted by molar-refractivity contribution is 0.00409. The number of methoxy groups -OCH3 is 2. The Morgan fingerprint density at radius 1 is 1.15 bits per heavy atom. The summed E-state index contributed by atoms with van der Waals surface area (Å²) in [7, 11) is -1.05. The van der Waals surface area contributed by atoms with E-state index in [0.29, 0.717) is 6.42 Å². The maximum absolute atomic E-state index is 14.2. The molecule has 0 heterocycles. The lowest BCUT2D eigenvalue weighted by atomic mass is 9.95. The predicted molar refractivity (Wildman–Crippen MR) is 98.3 cm³/mol. The van der Waals surface area contributed by atoms with Crippen LogP contribution in [-0.4, -0.2) is 29.2 Å². The lowest BCUT2D eigenvalue weighted by Gasteiger charge is -2.29. The molecule has 0 amide bonds. The molecule has 1 N–H and O–H groups in total. The Morgan fingerprint density at radius 3 is 2.42 bits per heavy atom. The van der Waals surface area contributed by atoms with E-state index in [1.165, 1.54) is 20.3 Å². The quantitative estimate of drug-likeness (QED) is 0.762. The van der Waals surface area contributed by atoms with Crippen molar-refractivity contribution in [2.45, 2.75) is 30.8 Å². The molecular formula is C19H24FNO4S. The first-order valence-corrected chi connectivity index (χ1v) is 9.72. The summed E-state index contributed by atoms with van der Waals surface area (Å²) in [5.74, 6) is -0.207. The summed E-state index contributed by atoms with van der Waals surface area (Å²) in [5.41, 5.74) is -0.0113. The van der Waals surface area contributed by atoms with Crippen LogP contribution < -0.4 is 9.46 Å². The number of nitrogens with one attached hydrogen (secondary N) is 1. The van der Waals surface area contributed by atoms with Crippen molar-refractivity contribution in [3.05, 3.63) is 59.4 Å². The van der Waals surface area contributed by atoms with Crippen molar-refractivity contribution in [1.29, 1.82) is 0 Å². The van der Waals surface area contributed by atoms with Gasteiger partial charge in [-0.3, -0.25) is 0 Å². The predicted octanol–water partition coefficient (Wildman–Crippen LogP) is 3.24. The fraction of sp³-hybridized carbons (Fsp3) is 0.368. The number of benzene rings is 2. The van der Waals surface area contributed by atoms with Crippen molar-refractivity contribution >= 4 is 10.0 Å². The second kappa shape index (κ2) is 8.16.